The highest BCUT2D eigenvalue weighted by molar-refractivity contribution is 7.80. The number of thiol groups is 1. The minimum Gasteiger partial charge on any atom is -0.496 e. The molecule has 2 N–H and O–H groups in total. The number of halogens is 1. The van der Waals surface area contributed by atoms with Crippen LogP contribution in [0.3, 0.4) is 0 Å². The standard InChI is InChI=1S/C9H12ClNOS/c1-5-3-8(12-2)6(9(11)13)4-7(5)10/h3-4,9,13H,11H2,1-2H3. The molecule has 0 aromatic heterocycles. The van der Waals surface area contributed by atoms with E-state index in [0.717, 1.165) is 16.9 Å². The molecule has 0 aliphatic heterocycles. The first-order valence-corrected chi connectivity index (χ1v) is 4.73. The van der Waals surface area contributed by atoms with Crippen LogP contribution in [0.2, 0.25) is 5.02 Å². The Morgan fingerprint density at radius 3 is 2.62 bits per heavy atom. The Morgan fingerprint density at radius 2 is 2.15 bits per heavy atom. The van der Waals surface area contributed by atoms with Gasteiger partial charge >= 0.3 is 0 Å². The SMILES string of the molecule is COc1cc(C)c(Cl)cc1C(N)S. The summed E-state index contributed by atoms with van der Waals surface area (Å²) in [5, 5.41) is 0.313. The summed E-state index contributed by atoms with van der Waals surface area (Å²) in [5.41, 5.74) is 7.41. The minimum atomic E-state index is -0.368. The van der Waals surface area contributed by atoms with Gasteiger partial charge in [-0.25, -0.2) is 0 Å². The lowest BCUT2D eigenvalue weighted by atomic mass is 10.1. The second-order valence-electron chi connectivity index (χ2n) is 2.79. The van der Waals surface area contributed by atoms with E-state index in [-0.39, 0.29) is 5.37 Å². The van der Waals surface area contributed by atoms with Crippen molar-refractivity contribution in [1.82, 2.24) is 0 Å². The van der Waals surface area contributed by atoms with Crippen LogP contribution in [0.25, 0.3) is 0 Å². The summed E-state index contributed by atoms with van der Waals surface area (Å²) in [6, 6.07) is 3.64. The number of nitrogens with two attached hydrogens (primary N) is 1. The minimum absolute atomic E-state index is 0.368. The highest BCUT2D eigenvalue weighted by Gasteiger charge is 2.10. The monoisotopic (exact) mass is 217 g/mol. The van der Waals surface area contributed by atoms with E-state index in [1.165, 1.54) is 0 Å². The van der Waals surface area contributed by atoms with Gasteiger partial charge in [-0.3, -0.25) is 0 Å². The highest BCUT2D eigenvalue weighted by atomic mass is 35.5. The topological polar surface area (TPSA) is 35.2 Å². The van der Waals surface area contributed by atoms with Crippen molar-refractivity contribution in [3.8, 4) is 5.75 Å². The molecule has 13 heavy (non-hydrogen) atoms. The third-order valence-electron chi connectivity index (χ3n) is 1.83. The molecule has 0 aliphatic carbocycles. The van der Waals surface area contributed by atoms with Crippen LogP contribution in [0.5, 0.6) is 5.75 Å². The van der Waals surface area contributed by atoms with Crippen molar-refractivity contribution in [3.63, 3.8) is 0 Å². The fourth-order valence-electron chi connectivity index (χ4n) is 1.08. The number of ether oxygens (including phenoxy) is 1. The van der Waals surface area contributed by atoms with Gasteiger partial charge in [-0.05, 0) is 24.6 Å². The van der Waals surface area contributed by atoms with Gasteiger partial charge in [-0.15, -0.1) is 0 Å². The van der Waals surface area contributed by atoms with Crippen LogP contribution in [-0.4, -0.2) is 7.11 Å². The number of benzene rings is 1. The lowest BCUT2D eigenvalue weighted by Crippen LogP contribution is -2.05. The zero-order valence-corrected chi connectivity index (χ0v) is 9.19. The van der Waals surface area contributed by atoms with E-state index in [1.807, 2.05) is 13.0 Å². The second-order valence-corrected chi connectivity index (χ2v) is 3.75. The summed E-state index contributed by atoms with van der Waals surface area (Å²) in [4.78, 5) is 0. The highest BCUT2D eigenvalue weighted by Crippen LogP contribution is 2.31. The van der Waals surface area contributed by atoms with Crippen LogP contribution in [0, 0.1) is 6.92 Å². The van der Waals surface area contributed by atoms with Gasteiger partial charge in [0.1, 0.15) is 5.75 Å². The van der Waals surface area contributed by atoms with Crippen molar-refractivity contribution in [1.29, 1.82) is 0 Å². The van der Waals surface area contributed by atoms with Crippen LogP contribution < -0.4 is 10.5 Å². The molecule has 0 saturated heterocycles. The van der Waals surface area contributed by atoms with Crippen LogP contribution in [0.15, 0.2) is 12.1 Å². The fourth-order valence-corrected chi connectivity index (χ4v) is 1.45. The lowest BCUT2D eigenvalue weighted by molar-refractivity contribution is 0.409. The maximum Gasteiger partial charge on any atom is 0.124 e. The number of aryl methyl sites for hydroxylation is 1. The van der Waals surface area contributed by atoms with E-state index in [4.69, 9.17) is 22.1 Å². The Hall–Kier alpha value is -0.380. The van der Waals surface area contributed by atoms with Crippen molar-refractivity contribution in [2.75, 3.05) is 7.11 Å². The molecule has 0 saturated carbocycles. The molecule has 0 fully saturated rings. The van der Waals surface area contributed by atoms with Crippen molar-refractivity contribution >= 4 is 24.2 Å². The molecule has 72 valence electrons. The molecule has 0 spiro atoms. The van der Waals surface area contributed by atoms with Gasteiger partial charge in [-0.2, -0.15) is 12.6 Å². The van der Waals surface area contributed by atoms with E-state index >= 15 is 0 Å². The van der Waals surface area contributed by atoms with Gasteiger partial charge < -0.3 is 10.5 Å². The quantitative estimate of drug-likeness (QED) is 0.590. The first-order chi connectivity index (χ1) is 6.06. The van der Waals surface area contributed by atoms with E-state index in [0.29, 0.717) is 5.02 Å². The van der Waals surface area contributed by atoms with Gasteiger partial charge in [0, 0.05) is 10.6 Å². The van der Waals surface area contributed by atoms with Crippen molar-refractivity contribution < 1.29 is 4.74 Å². The molecule has 0 aliphatic rings. The maximum atomic E-state index is 5.94. The van der Waals surface area contributed by atoms with Gasteiger partial charge in [0.25, 0.3) is 0 Å². The first-order valence-electron chi connectivity index (χ1n) is 3.84. The summed E-state index contributed by atoms with van der Waals surface area (Å²) in [6.45, 7) is 1.92. The van der Waals surface area contributed by atoms with Crippen LogP contribution in [0.1, 0.15) is 16.5 Å². The first kappa shape index (κ1) is 10.7. The molecule has 0 heterocycles. The maximum absolute atomic E-state index is 5.94. The van der Waals surface area contributed by atoms with E-state index < -0.39 is 0 Å². The summed E-state index contributed by atoms with van der Waals surface area (Å²) in [7, 11) is 1.60. The molecule has 1 aromatic carbocycles. The summed E-state index contributed by atoms with van der Waals surface area (Å²) >= 11 is 10.1. The van der Waals surface area contributed by atoms with E-state index in [1.54, 1.807) is 13.2 Å². The van der Waals surface area contributed by atoms with Gasteiger partial charge in [0.15, 0.2) is 0 Å². The Labute approximate surface area is 88.4 Å². The number of rotatable bonds is 2. The molecular formula is C9H12ClNOS. The molecule has 1 rings (SSSR count). The zero-order chi connectivity index (χ0) is 10.0. The molecular weight excluding hydrogens is 206 g/mol. The summed E-state index contributed by atoms with van der Waals surface area (Å²) in [6.07, 6.45) is 0. The Bertz CT molecular complexity index is 315. The number of methoxy groups -OCH3 is 1. The number of hydrogen-bond donors (Lipinski definition) is 2. The number of hydrogen-bond acceptors (Lipinski definition) is 3. The average Bonchev–Trinajstić information content (AvgIpc) is 2.08. The molecule has 0 radical (unpaired) electrons. The van der Waals surface area contributed by atoms with Crippen molar-refractivity contribution in [2.45, 2.75) is 12.3 Å². The Kier molecular flexibility index (Phi) is 3.47. The van der Waals surface area contributed by atoms with Gasteiger partial charge in [0.2, 0.25) is 0 Å². The summed E-state index contributed by atoms with van der Waals surface area (Å²) in [5.74, 6) is 0.726. The van der Waals surface area contributed by atoms with Crippen LogP contribution in [-0.2, 0) is 0 Å². The van der Waals surface area contributed by atoms with Crippen molar-refractivity contribution in [3.05, 3.63) is 28.3 Å². The normalized spacial score (nSPS) is 12.7. The fraction of sp³-hybridized carbons (Fsp3) is 0.333. The molecule has 0 amide bonds. The lowest BCUT2D eigenvalue weighted by Gasteiger charge is -2.12. The molecule has 2 nitrogen and oxygen atoms in total. The van der Waals surface area contributed by atoms with Gasteiger partial charge in [-0.1, -0.05) is 11.6 Å². The summed E-state index contributed by atoms with van der Waals surface area (Å²) < 4.78 is 5.15. The predicted octanol–water partition coefficient (Wildman–Crippen LogP) is 2.54. The Morgan fingerprint density at radius 1 is 1.54 bits per heavy atom. The predicted molar refractivity (Wildman–Crippen MR) is 58.7 cm³/mol. The average molecular weight is 218 g/mol. The van der Waals surface area contributed by atoms with Crippen LogP contribution in [0.4, 0.5) is 0 Å². The molecule has 1 unspecified atom stereocenters. The molecule has 0 bridgehead atoms. The van der Waals surface area contributed by atoms with E-state index in [2.05, 4.69) is 12.6 Å². The van der Waals surface area contributed by atoms with Crippen LogP contribution >= 0.6 is 24.2 Å². The third-order valence-corrected chi connectivity index (χ3v) is 2.51. The van der Waals surface area contributed by atoms with Gasteiger partial charge in [0.05, 0.1) is 12.5 Å². The third kappa shape index (κ3) is 2.30. The molecule has 1 atom stereocenters. The van der Waals surface area contributed by atoms with E-state index in [9.17, 15) is 0 Å². The molecule has 1 aromatic rings. The zero-order valence-electron chi connectivity index (χ0n) is 7.54. The largest absolute Gasteiger partial charge is 0.496 e. The second kappa shape index (κ2) is 4.22. The molecule has 4 heteroatoms. The van der Waals surface area contributed by atoms with Crippen molar-refractivity contribution in [2.24, 2.45) is 5.73 Å². The smallest absolute Gasteiger partial charge is 0.124 e. The Balaban J connectivity index is 3.25.